The van der Waals surface area contributed by atoms with Gasteiger partial charge in [-0.05, 0) is 54.8 Å². The van der Waals surface area contributed by atoms with Crippen LogP contribution >= 0.6 is 0 Å². The molecule has 0 amide bonds. The van der Waals surface area contributed by atoms with E-state index in [2.05, 4.69) is 0 Å². The summed E-state index contributed by atoms with van der Waals surface area (Å²) in [5.41, 5.74) is 0.876. The molecule has 3 aliphatic rings. The summed E-state index contributed by atoms with van der Waals surface area (Å²) in [6.45, 7) is 1.30. The lowest BCUT2D eigenvalue weighted by atomic mass is 9.96. The number of aliphatic hydroxyl groups is 6. The Bertz CT molecular complexity index is 1690. The van der Waals surface area contributed by atoms with Gasteiger partial charge in [0.2, 0.25) is 0 Å². The van der Waals surface area contributed by atoms with E-state index in [0.29, 0.717) is 5.56 Å². The van der Waals surface area contributed by atoms with Crippen LogP contribution in [0, 0.1) is 0 Å². The molecule has 3 saturated heterocycles. The number of rotatable bonds is 14. The van der Waals surface area contributed by atoms with Gasteiger partial charge in [0.1, 0.15) is 48.8 Å². The number of hydrogen-bond donors (Lipinski definition) is 9. The first kappa shape index (κ1) is 44.0. The van der Waals surface area contributed by atoms with Crippen LogP contribution in [-0.4, -0.2) is 171 Å². The van der Waals surface area contributed by atoms with Gasteiger partial charge >= 0.3 is 11.9 Å². The van der Waals surface area contributed by atoms with E-state index in [9.17, 15) is 55.5 Å². The fraction of sp³-hybridized carbons (Fsp3) is 0.568. The lowest BCUT2D eigenvalue weighted by Crippen LogP contribution is -2.66. The van der Waals surface area contributed by atoms with E-state index in [1.54, 1.807) is 6.07 Å². The zero-order valence-corrected chi connectivity index (χ0v) is 31.0. The van der Waals surface area contributed by atoms with Crippen LogP contribution in [0.3, 0.4) is 0 Å². The number of esters is 2. The maximum atomic E-state index is 13.5. The zero-order valence-electron chi connectivity index (χ0n) is 31.0. The molecule has 0 aromatic heterocycles. The Kier molecular flexibility index (Phi) is 15.1. The molecule has 0 aliphatic carbocycles. The SMILES string of the molecule is COc1ccc(CCO[C@@H]2O[C@H](CO[C@@H]3OC[C@H](O)[C@H](O)[C@H]3O)[C@@H](OC(=O)/C=C/c3ccc(O)c(O)c3)[C@H](O[C@@H]3O[C@@H](C)[C@H](O)[C@@H](O)[C@H]3O)[C@H]2OC(C)=O)cc1O. The van der Waals surface area contributed by atoms with Gasteiger partial charge in [0.25, 0.3) is 0 Å². The van der Waals surface area contributed by atoms with Crippen LogP contribution in [0.15, 0.2) is 42.5 Å². The summed E-state index contributed by atoms with van der Waals surface area (Å²) in [6, 6.07) is 8.40. The van der Waals surface area contributed by atoms with Crippen LogP contribution in [0.5, 0.6) is 23.0 Å². The van der Waals surface area contributed by atoms with Crippen molar-refractivity contribution in [3.05, 3.63) is 53.6 Å². The van der Waals surface area contributed by atoms with Gasteiger partial charge in [0.15, 0.2) is 54.1 Å². The maximum absolute atomic E-state index is 13.5. The number of ether oxygens (including phenoxy) is 9. The summed E-state index contributed by atoms with van der Waals surface area (Å²) in [5, 5.41) is 92.4. The smallest absolute Gasteiger partial charge is 0.331 e. The van der Waals surface area contributed by atoms with Crippen molar-refractivity contribution in [1.29, 1.82) is 0 Å². The molecule has 0 unspecified atom stereocenters. The Hall–Kier alpha value is -4.16. The minimum absolute atomic E-state index is 0.134. The third-order valence-corrected chi connectivity index (χ3v) is 9.45. The van der Waals surface area contributed by atoms with Gasteiger partial charge in [-0.15, -0.1) is 0 Å². The number of carbonyl (C=O) groups excluding carboxylic acids is 2. The number of aliphatic hydroxyl groups excluding tert-OH is 6. The predicted molar refractivity (Wildman–Crippen MR) is 188 cm³/mol. The topological polar surface area (TPSA) is 299 Å². The second-order valence-electron chi connectivity index (χ2n) is 13.6. The average Bonchev–Trinajstić information content (AvgIpc) is 3.17. The van der Waals surface area contributed by atoms with Crippen molar-refractivity contribution in [3.63, 3.8) is 0 Å². The van der Waals surface area contributed by atoms with Crippen molar-refractivity contribution < 1.29 is 98.2 Å². The summed E-state index contributed by atoms with van der Waals surface area (Å²) >= 11 is 0. The normalized spacial score (nSPS) is 34.5. The maximum Gasteiger partial charge on any atom is 0.331 e. The fourth-order valence-electron chi connectivity index (χ4n) is 6.32. The second-order valence-corrected chi connectivity index (χ2v) is 13.6. The standard InChI is InChI=1S/C37H48O20/c1-16-27(44)29(46)31(48)36(53-16)57-33-32(56-26(43)9-6-18-4-7-20(39)21(40)12-18)25(15-52-35-30(47)28(45)23(42)14-51-35)55-37(34(33)54-17(2)38)50-11-10-19-5-8-24(49-3)22(41)13-19/h4-9,12-13,16,23,25,27-37,39-42,44-48H,10-11,14-15H2,1-3H3/b9-6+/t16-,23-,25+,27-,28-,29+,30+,31+,32+,33-,34+,35-,36-,37+/m0/s1. The summed E-state index contributed by atoms with van der Waals surface area (Å²) < 4.78 is 51.8. The highest BCUT2D eigenvalue weighted by Gasteiger charge is 2.55. The molecule has 20 nitrogen and oxygen atoms in total. The average molecular weight is 813 g/mol. The number of carbonyl (C=O) groups is 2. The van der Waals surface area contributed by atoms with E-state index in [0.717, 1.165) is 13.0 Å². The molecule has 2 aromatic carbocycles. The first-order chi connectivity index (χ1) is 27.1. The molecule has 9 N–H and O–H groups in total. The number of benzene rings is 2. The van der Waals surface area contributed by atoms with Crippen molar-refractivity contribution in [2.45, 2.75) is 106 Å². The van der Waals surface area contributed by atoms with Crippen molar-refractivity contribution in [2.75, 3.05) is 26.9 Å². The Balaban J connectivity index is 1.49. The molecule has 0 spiro atoms. The number of methoxy groups -OCH3 is 1. The lowest BCUT2D eigenvalue weighted by molar-refractivity contribution is -0.362. The molecular formula is C37H48O20. The molecule has 57 heavy (non-hydrogen) atoms. The van der Waals surface area contributed by atoms with Gasteiger partial charge in [-0.1, -0.05) is 12.1 Å². The molecule has 2 aromatic rings. The van der Waals surface area contributed by atoms with Crippen LogP contribution < -0.4 is 4.74 Å². The van der Waals surface area contributed by atoms with E-state index >= 15 is 0 Å². The minimum atomic E-state index is -1.88. The van der Waals surface area contributed by atoms with Gasteiger partial charge in [0.05, 0.1) is 33.0 Å². The van der Waals surface area contributed by atoms with Gasteiger partial charge in [-0.2, -0.15) is 0 Å². The molecule has 20 heteroatoms. The van der Waals surface area contributed by atoms with E-state index in [1.165, 1.54) is 50.4 Å². The van der Waals surface area contributed by atoms with Gasteiger partial charge in [-0.25, -0.2) is 4.79 Å². The van der Waals surface area contributed by atoms with Gasteiger partial charge in [0, 0.05) is 13.0 Å². The van der Waals surface area contributed by atoms with E-state index in [1.807, 2.05) is 0 Å². The molecule has 316 valence electrons. The molecule has 0 saturated carbocycles. The Morgan fingerprint density at radius 2 is 1.51 bits per heavy atom. The quantitative estimate of drug-likeness (QED) is 0.0585. The van der Waals surface area contributed by atoms with Crippen molar-refractivity contribution in [3.8, 4) is 23.0 Å². The summed E-state index contributed by atoms with van der Waals surface area (Å²) in [6.07, 6.45) is -19.9. The Labute approximate surface area is 325 Å². The molecular weight excluding hydrogens is 764 g/mol. The number of hydrogen-bond acceptors (Lipinski definition) is 20. The largest absolute Gasteiger partial charge is 0.504 e. The lowest BCUT2D eigenvalue weighted by Gasteiger charge is -2.47. The highest BCUT2D eigenvalue weighted by Crippen LogP contribution is 2.34. The monoisotopic (exact) mass is 812 g/mol. The summed E-state index contributed by atoms with van der Waals surface area (Å²) in [7, 11) is 1.39. The van der Waals surface area contributed by atoms with E-state index in [-0.39, 0.29) is 30.1 Å². The Morgan fingerprint density at radius 1 is 0.772 bits per heavy atom. The number of aromatic hydroxyl groups is 3. The van der Waals surface area contributed by atoms with Gasteiger partial charge < -0.3 is 88.6 Å². The van der Waals surface area contributed by atoms with Crippen molar-refractivity contribution in [1.82, 2.24) is 0 Å². The molecule has 14 atom stereocenters. The van der Waals surface area contributed by atoms with Crippen molar-refractivity contribution >= 4 is 18.0 Å². The predicted octanol–water partition coefficient (Wildman–Crippen LogP) is -1.68. The highest BCUT2D eigenvalue weighted by molar-refractivity contribution is 5.87. The van der Waals surface area contributed by atoms with Crippen molar-refractivity contribution in [2.24, 2.45) is 0 Å². The van der Waals surface area contributed by atoms with Crippen LogP contribution in [0.1, 0.15) is 25.0 Å². The third kappa shape index (κ3) is 10.9. The first-order valence-electron chi connectivity index (χ1n) is 17.9. The molecule has 0 bridgehead atoms. The van der Waals surface area contributed by atoms with E-state index in [4.69, 9.17) is 42.6 Å². The van der Waals surface area contributed by atoms with Crippen LogP contribution in [-0.2, 0) is 53.9 Å². The fourth-order valence-corrected chi connectivity index (χ4v) is 6.32. The minimum Gasteiger partial charge on any atom is -0.504 e. The molecule has 5 rings (SSSR count). The summed E-state index contributed by atoms with van der Waals surface area (Å²) in [5.74, 6) is -2.70. The third-order valence-electron chi connectivity index (χ3n) is 9.45. The zero-order chi connectivity index (χ0) is 41.6. The molecule has 3 aliphatic heterocycles. The van der Waals surface area contributed by atoms with Crippen LogP contribution in [0.4, 0.5) is 0 Å². The highest BCUT2D eigenvalue weighted by atomic mass is 16.8. The van der Waals surface area contributed by atoms with Crippen LogP contribution in [0.25, 0.3) is 6.08 Å². The molecule has 3 heterocycles. The molecule has 0 radical (unpaired) electrons. The van der Waals surface area contributed by atoms with E-state index < -0.39 is 123 Å². The molecule has 3 fully saturated rings. The first-order valence-corrected chi connectivity index (χ1v) is 17.9. The summed E-state index contributed by atoms with van der Waals surface area (Å²) in [4.78, 5) is 26.1. The van der Waals surface area contributed by atoms with Crippen LogP contribution in [0.2, 0.25) is 0 Å². The van der Waals surface area contributed by atoms with Gasteiger partial charge in [-0.3, -0.25) is 4.79 Å². The Morgan fingerprint density at radius 3 is 2.19 bits per heavy atom. The number of phenolic OH excluding ortho intramolecular Hbond substituents is 3. The number of phenols is 3. The second kappa shape index (κ2) is 19.5.